The van der Waals surface area contributed by atoms with Gasteiger partial charge in [0.25, 0.3) is 0 Å². The average molecular weight is 447 g/mol. The Morgan fingerprint density at radius 3 is 2.56 bits per heavy atom. The van der Waals surface area contributed by atoms with Crippen LogP contribution in [0.5, 0.6) is 5.75 Å². The Kier molecular flexibility index (Phi) is 5.62. The molecule has 0 amide bonds. The number of nitrogens with zero attached hydrogens (tertiary/aromatic N) is 3. The minimum absolute atomic E-state index is 0.547. The summed E-state index contributed by atoms with van der Waals surface area (Å²) in [6.45, 7) is 5.98. The maximum Gasteiger partial charge on any atom is 0.138 e. The summed E-state index contributed by atoms with van der Waals surface area (Å²) in [6.07, 6.45) is 6.02. The molecule has 1 aliphatic heterocycles. The van der Waals surface area contributed by atoms with Crippen molar-refractivity contribution < 1.29 is 4.74 Å². The SMILES string of the molecule is Cc1cc(C)cc(-c2cnc3cc(Cl)c(-c4ccn(C)n4)cc3c2OCCC2CCN2)c1. The van der Waals surface area contributed by atoms with Crippen LogP contribution in [0.4, 0.5) is 0 Å². The van der Waals surface area contributed by atoms with Crippen molar-refractivity contribution in [3.63, 3.8) is 0 Å². The highest BCUT2D eigenvalue weighted by molar-refractivity contribution is 6.34. The number of ether oxygens (including phenoxy) is 1. The van der Waals surface area contributed by atoms with Crippen LogP contribution in [0, 0.1) is 13.8 Å². The Labute approximate surface area is 193 Å². The summed E-state index contributed by atoms with van der Waals surface area (Å²) in [4.78, 5) is 4.75. The third kappa shape index (κ3) is 4.10. The van der Waals surface area contributed by atoms with Crippen LogP contribution < -0.4 is 10.1 Å². The second-order valence-corrected chi connectivity index (χ2v) is 9.09. The minimum atomic E-state index is 0.547. The number of benzene rings is 2. The standard InChI is InChI=1S/C26H27ClN4O/c1-16-10-17(2)12-18(11-16)22-15-29-25-14-23(27)20(24-5-8-31(3)30-24)13-21(25)26(22)32-9-6-19-4-7-28-19/h5,8,10-15,19,28H,4,6-7,9H2,1-3H3. The van der Waals surface area contributed by atoms with Crippen molar-refractivity contribution in [1.82, 2.24) is 20.1 Å². The molecule has 2 aromatic carbocycles. The maximum atomic E-state index is 6.63. The topological polar surface area (TPSA) is 52.0 Å². The van der Waals surface area contributed by atoms with Gasteiger partial charge >= 0.3 is 0 Å². The highest BCUT2D eigenvalue weighted by Gasteiger charge is 2.19. The number of pyridine rings is 1. The first-order chi connectivity index (χ1) is 15.5. The van der Waals surface area contributed by atoms with E-state index in [9.17, 15) is 0 Å². The Morgan fingerprint density at radius 2 is 1.91 bits per heavy atom. The zero-order valence-electron chi connectivity index (χ0n) is 18.7. The van der Waals surface area contributed by atoms with Crippen LogP contribution in [-0.4, -0.2) is 34.0 Å². The van der Waals surface area contributed by atoms with Gasteiger partial charge in [0.15, 0.2) is 0 Å². The maximum absolute atomic E-state index is 6.63. The Balaban J connectivity index is 1.65. The molecule has 0 saturated carbocycles. The quantitative estimate of drug-likeness (QED) is 0.412. The highest BCUT2D eigenvalue weighted by Crippen LogP contribution is 2.40. The lowest BCUT2D eigenvalue weighted by Gasteiger charge is -2.27. The van der Waals surface area contributed by atoms with Crippen LogP contribution in [0.2, 0.25) is 5.02 Å². The number of aryl methyl sites for hydroxylation is 3. The average Bonchev–Trinajstić information content (AvgIpc) is 3.14. The molecule has 32 heavy (non-hydrogen) atoms. The fourth-order valence-electron chi connectivity index (χ4n) is 4.33. The van der Waals surface area contributed by atoms with Gasteiger partial charge in [-0.25, -0.2) is 0 Å². The molecule has 0 radical (unpaired) electrons. The molecule has 1 atom stereocenters. The van der Waals surface area contributed by atoms with Gasteiger partial charge in [-0.3, -0.25) is 9.67 Å². The second-order valence-electron chi connectivity index (χ2n) is 8.68. The zero-order valence-corrected chi connectivity index (χ0v) is 19.4. The number of aromatic nitrogens is 3. The molecule has 2 aromatic heterocycles. The van der Waals surface area contributed by atoms with Gasteiger partial charge in [0.1, 0.15) is 5.75 Å². The van der Waals surface area contributed by atoms with Crippen LogP contribution in [-0.2, 0) is 7.05 Å². The van der Waals surface area contributed by atoms with Gasteiger partial charge in [-0.05, 0) is 57.0 Å². The normalized spacial score (nSPS) is 15.7. The number of nitrogens with one attached hydrogen (secondary N) is 1. The number of hydrogen-bond acceptors (Lipinski definition) is 4. The van der Waals surface area contributed by atoms with E-state index in [1.165, 1.54) is 17.5 Å². The molecule has 6 heteroatoms. The van der Waals surface area contributed by atoms with Gasteiger partial charge in [-0.1, -0.05) is 40.9 Å². The fourth-order valence-corrected chi connectivity index (χ4v) is 4.59. The van der Waals surface area contributed by atoms with E-state index in [0.717, 1.165) is 52.0 Å². The molecule has 1 N–H and O–H groups in total. The first-order valence-corrected chi connectivity index (χ1v) is 11.4. The van der Waals surface area contributed by atoms with Crippen molar-refractivity contribution in [2.75, 3.05) is 13.2 Å². The monoisotopic (exact) mass is 446 g/mol. The molecule has 0 aliphatic carbocycles. The Hall–Kier alpha value is -2.89. The molecule has 0 bridgehead atoms. The van der Waals surface area contributed by atoms with Crippen LogP contribution in [0.3, 0.4) is 0 Å². The number of rotatable bonds is 6. The number of hydrogen-bond donors (Lipinski definition) is 1. The lowest BCUT2D eigenvalue weighted by molar-refractivity contribution is 0.255. The summed E-state index contributed by atoms with van der Waals surface area (Å²) in [6, 6.07) is 13.0. The van der Waals surface area contributed by atoms with Crippen molar-refractivity contribution in [1.29, 1.82) is 0 Å². The van der Waals surface area contributed by atoms with Gasteiger partial charge < -0.3 is 10.1 Å². The second kappa shape index (κ2) is 8.57. The summed E-state index contributed by atoms with van der Waals surface area (Å²) < 4.78 is 8.26. The van der Waals surface area contributed by atoms with E-state index in [1.807, 2.05) is 31.6 Å². The summed E-state index contributed by atoms with van der Waals surface area (Å²) in [5.41, 5.74) is 7.08. The van der Waals surface area contributed by atoms with Gasteiger partial charge in [0, 0.05) is 42.0 Å². The van der Waals surface area contributed by atoms with Crippen LogP contribution in [0.25, 0.3) is 33.3 Å². The van der Waals surface area contributed by atoms with Crippen LogP contribution in [0.15, 0.2) is 48.8 Å². The molecule has 0 spiro atoms. The third-order valence-corrected chi connectivity index (χ3v) is 6.38. The lowest BCUT2D eigenvalue weighted by atomic mass is 9.98. The van der Waals surface area contributed by atoms with E-state index in [2.05, 4.69) is 48.5 Å². The van der Waals surface area contributed by atoms with E-state index in [0.29, 0.717) is 17.7 Å². The Morgan fingerprint density at radius 1 is 1.12 bits per heavy atom. The van der Waals surface area contributed by atoms with Crippen molar-refractivity contribution in [2.24, 2.45) is 7.05 Å². The molecule has 1 fully saturated rings. The molecular formula is C26H27ClN4O. The highest BCUT2D eigenvalue weighted by atomic mass is 35.5. The summed E-state index contributed by atoms with van der Waals surface area (Å²) in [7, 11) is 1.90. The molecule has 4 aromatic rings. The molecule has 5 rings (SSSR count). The molecule has 1 aliphatic rings. The summed E-state index contributed by atoms with van der Waals surface area (Å²) in [5, 5.41) is 9.58. The number of fused-ring (bicyclic) bond motifs is 1. The first kappa shape index (κ1) is 21.0. The Bertz CT molecular complexity index is 1270. The third-order valence-electron chi connectivity index (χ3n) is 6.07. The van der Waals surface area contributed by atoms with Crippen molar-refractivity contribution in [3.8, 4) is 28.1 Å². The summed E-state index contributed by atoms with van der Waals surface area (Å²) in [5.74, 6) is 0.855. The minimum Gasteiger partial charge on any atom is -0.492 e. The van der Waals surface area contributed by atoms with E-state index >= 15 is 0 Å². The van der Waals surface area contributed by atoms with Gasteiger partial charge in [-0.2, -0.15) is 5.10 Å². The van der Waals surface area contributed by atoms with Crippen molar-refractivity contribution in [2.45, 2.75) is 32.7 Å². The predicted octanol–water partition coefficient (Wildman–Crippen LogP) is 5.70. The van der Waals surface area contributed by atoms with Gasteiger partial charge in [0.05, 0.1) is 22.8 Å². The van der Waals surface area contributed by atoms with Crippen molar-refractivity contribution in [3.05, 3.63) is 64.9 Å². The molecule has 164 valence electrons. The summed E-state index contributed by atoms with van der Waals surface area (Å²) >= 11 is 6.63. The van der Waals surface area contributed by atoms with E-state index < -0.39 is 0 Å². The smallest absolute Gasteiger partial charge is 0.138 e. The largest absolute Gasteiger partial charge is 0.492 e. The molecule has 1 unspecified atom stereocenters. The van der Waals surface area contributed by atoms with Gasteiger partial charge in [0.2, 0.25) is 0 Å². The van der Waals surface area contributed by atoms with Crippen LogP contribution in [0.1, 0.15) is 24.0 Å². The van der Waals surface area contributed by atoms with E-state index in [4.69, 9.17) is 21.3 Å². The lowest BCUT2D eigenvalue weighted by Crippen LogP contribution is -2.43. The predicted molar refractivity (Wildman–Crippen MR) is 130 cm³/mol. The van der Waals surface area contributed by atoms with Crippen LogP contribution >= 0.6 is 11.6 Å². The zero-order chi connectivity index (χ0) is 22.2. The number of halogens is 1. The molecule has 1 saturated heterocycles. The first-order valence-electron chi connectivity index (χ1n) is 11.0. The van der Waals surface area contributed by atoms with Crippen molar-refractivity contribution >= 4 is 22.5 Å². The van der Waals surface area contributed by atoms with Gasteiger partial charge in [-0.15, -0.1) is 0 Å². The molecule has 3 heterocycles. The van der Waals surface area contributed by atoms with E-state index in [1.54, 1.807) is 4.68 Å². The molecule has 5 nitrogen and oxygen atoms in total. The van der Waals surface area contributed by atoms with E-state index in [-0.39, 0.29) is 0 Å². The fraction of sp³-hybridized carbons (Fsp3) is 0.308. The molecular weight excluding hydrogens is 420 g/mol.